The Morgan fingerprint density at radius 1 is 1.12 bits per heavy atom. The fourth-order valence-corrected chi connectivity index (χ4v) is 4.60. The molecule has 2 aromatic heterocycles. The molecule has 3 aromatic rings. The lowest BCUT2D eigenvalue weighted by Crippen LogP contribution is -2.34. The topological polar surface area (TPSA) is 83.2 Å². The molecule has 32 heavy (non-hydrogen) atoms. The Labute approximate surface area is 194 Å². The molecule has 1 saturated heterocycles. The zero-order valence-electron chi connectivity index (χ0n) is 17.5. The van der Waals surface area contributed by atoms with Gasteiger partial charge in [0.25, 0.3) is 5.89 Å². The molecule has 0 amide bonds. The van der Waals surface area contributed by atoms with Crippen LogP contribution in [0.1, 0.15) is 30.2 Å². The molecule has 1 aromatic carbocycles. The van der Waals surface area contributed by atoms with Crippen LogP contribution >= 0.6 is 23.2 Å². The highest BCUT2D eigenvalue weighted by Gasteiger charge is 2.26. The maximum absolute atomic E-state index is 14.0. The van der Waals surface area contributed by atoms with Crippen LogP contribution in [0.3, 0.4) is 0 Å². The lowest BCUT2D eigenvalue weighted by molar-refractivity contribution is 0.237. The molecule has 2 aliphatic heterocycles. The molecule has 11 heteroatoms. The number of benzene rings is 1. The zero-order chi connectivity index (χ0) is 22.2. The summed E-state index contributed by atoms with van der Waals surface area (Å²) in [6.45, 7) is 3.66. The van der Waals surface area contributed by atoms with Crippen molar-refractivity contribution in [3.05, 3.63) is 45.5 Å². The third kappa shape index (κ3) is 4.12. The lowest BCUT2D eigenvalue weighted by Gasteiger charge is -2.31. The maximum Gasteiger partial charge on any atom is 0.268 e. The van der Waals surface area contributed by atoms with Gasteiger partial charge in [-0.05, 0) is 51.2 Å². The van der Waals surface area contributed by atoms with Crippen molar-refractivity contribution in [2.45, 2.75) is 25.3 Å². The van der Waals surface area contributed by atoms with E-state index in [2.05, 4.69) is 37.7 Å². The SMILES string of the molecule is CN1CCC(c2nnc(-c3cc4c(nn3)NCCN4Cc3c(Cl)ccc(F)c3Cl)o2)CC1. The first-order valence-corrected chi connectivity index (χ1v) is 11.3. The predicted molar refractivity (Wildman–Crippen MR) is 121 cm³/mol. The van der Waals surface area contributed by atoms with Gasteiger partial charge in [0.05, 0.1) is 10.7 Å². The van der Waals surface area contributed by atoms with E-state index in [-0.39, 0.29) is 10.9 Å². The summed E-state index contributed by atoms with van der Waals surface area (Å²) in [5.41, 5.74) is 1.80. The predicted octanol–water partition coefficient (Wildman–Crippen LogP) is 4.21. The van der Waals surface area contributed by atoms with E-state index in [1.807, 2.05) is 11.0 Å². The molecular weight excluding hydrogens is 456 g/mol. The minimum Gasteiger partial charge on any atom is -0.419 e. The molecule has 0 spiro atoms. The van der Waals surface area contributed by atoms with Crippen molar-refractivity contribution < 1.29 is 8.81 Å². The van der Waals surface area contributed by atoms with Crippen LogP contribution in [0.5, 0.6) is 0 Å². The smallest absolute Gasteiger partial charge is 0.268 e. The van der Waals surface area contributed by atoms with E-state index >= 15 is 0 Å². The summed E-state index contributed by atoms with van der Waals surface area (Å²) < 4.78 is 20.0. The molecule has 168 valence electrons. The first-order chi connectivity index (χ1) is 15.5. The molecule has 5 rings (SSSR count). The number of rotatable bonds is 4. The first kappa shape index (κ1) is 21.4. The van der Waals surface area contributed by atoms with Gasteiger partial charge in [0, 0.05) is 36.1 Å². The summed E-state index contributed by atoms with van der Waals surface area (Å²) in [6.07, 6.45) is 1.97. The second kappa shape index (κ2) is 8.80. The highest BCUT2D eigenvalue weighted by Crippen LogP contribution is 2.35. The molecule has 0 aliphatic carbocycles. The minimum atomic E-state index is -0.498. The van der Waals surface area contributed by atoms with Crippen molar-refractivity contribution in [2.24, 2.45) is 0 Å². The van der Waals surface area contributed by atoms with Gasteiger partial charge in [-0.3, -0.25) is 0 Å². The molecule has 1 fully saturated rings. The van der Waals surface area contributed by atoms with Crippen molar-refractivity contribution in [1.29, 1.82) is 0 Å². The van der Waals surface area contributed by atoms with Crippen molar-refractivity contribution in [1.82, 2.24) is 25.3 Å². The van der Waals surface area contributed by atoms with Crippen molar-refractivity contribution in [3.8, 4) is 11.6 Å². The van der Waals surface area contributed by atoms with Crippen LogP contribution in [-0.4, -0.2) is 58.5 Å². The Morgan fingerprint density at radius 2 is 1.94 bits per heavy atom. The standard InChI is InChI=1S/C21H22Cl2FN7O/c1-30-7-4-12(5-8-30)20-28-29-21(32-20)16-10-17-19(27-26-16)25-6-9-31(17)11-13-14(22)2-3-15(24)18(13)23/h2-3,10,12H,4-9,11H2,1H3,(H,25,27). The number of anilines is 2. The third-order valence-electron chi connectivity index (χ3n) is 6.00. The fourth-order valence-electron chi connectivity index (χ4n) is 4.11. The van der Waals surface area contributed by atoms with Crippen LogP contribution in [-0.2, 0) is 6.54 Å². The molecule has 0 radical (unpaired) electrons. The minimum absolute atomic E-state index is 0.0273. The van der Waals surface area contributed by atoms with E-state index < -0.39 is 5.82 Å². The fraction of sp³-hybridized carbons (Fsp3) is 0.429. The number of likely N-dealkylation sites (tertiary alicyclic amines) is 1. The Balaban J connectivity index is 1.42. The highest BCUT2D eigenvalue weighted by atomic mass is 35.5. The molecule has 4 heterocycles. The van der Waals surface area contributed by atoms with Gasteiger partial charge in [0.2, 0.25) is 5.89 Å². The average molecular weight is 478 g/mol. The number of hydrogen-bond donors (Lipinski definition) is 1. The van der Waals surface area contributed by atoms with Crippen molar-refractivity contribution >= 4 is 34.7 Å². The number of fused-ring (bicyclic) bond motifs is 1. The van der Waals surface area contributed by atoms with Crippen LogP contribution in [0.4, 0.5) is 15.9 Å². The normalized spacial score (nSPS) is 17.3. The average Bonchev–Trinajstić information content (AvgIpc) is 3.30. The number of hydrogen-bond acceptors (Lipinski definition) is 8. The Morgan fingerprint density at radius 3 is 2.75 bits per heavy atom. The zero-order valence-corrected chi connectivity index (χ0v) is 19.0. The van der Waals surface area contributed by atoms with Crippen LogP contribution in [0.2, 0.25) is 10.0 Å². The third-order valence-corrected chi connectivity index (χ3v) is 6.77. The number of aromatic nitrogens is 4. The Hall–Kier alpha value is -2.49. The number of nitrogens with zero attached hydrogens (tertiary/aromatic N) is 6. The monoisotopic (exact) mass is 477 g/mol. The van der Waals surface area contributed by atoms with E-state index in [9.17, 15) is 4.39 Å². The summed E-state index contributed by atoms with van der Waals surface area (Å²) in [7, 11) is 2.11. The van der Waals surface area contributed by atoms with Gasteiger partial charge in [-0.1, -0.05) is 23.2 Å². The van der Waals surface area contributed by atoms with Gasteiger partial charge in [-0.15, -0.1) is 20.4 Å². The second-order valence-electron chi connectivity index (χ2n) is 8.16. The molecule has 0 unspecified atom stereocenters. The van der Waals surface area contributed by atoms with E-state index in [1.165, 1.54) is 12.1 Å². The van der Waals surface area contributed by atoms with Gasteiger partial charge in [0.15, 0.2) is 11.5 Å². The summed E-state index contributed by atoms with van der Waals surface area (Å²) >= 11 is 12.5. The van der Waals surface area contributed by atoms with Crippen LogP contribution in [0, 0.1) is 5.82 Å². The quantitative estimate of drug-likeness (QED) is 0.559. The molecule has 2 aliphatic rings. The summed E-state index contributed by atoms with van der Waals surface area (Å²) in [5, 5.41) is 20.7. The van der Waals surface area contributed by atoms with Gasteiger partial charge < -0.3 is 19.5 Å². The largest absolute Gasteiger partial charge is 0.419 e. The summed E-state index contributed by atoms with van der Waals surface area (Å²) in [4.78, 5) is 4.33. The number of piperidine rings is 1. The van der Waals surface area contributed by atoms with Gasteiger partial charge in [0.1, 0.15) is 5.82 Å². The number of halogens is 3. The Kier molecular flexibility index (Phi) is 5.88. The summed E-state index contributed by atoms with van der Waals surface area (Å²) in [6, 6.07) is 4.63. The molecular formula is C21H22Cl2FN7O. The van der Waals surface area contributed by atoms with Gasteiger partial charge >= 0.3 is 0 Å². The molecule has 0 atom stereocenters. The maximum atomic E-state index is 14.0. The van der Waals surface area contributed by atoms with E-state index in [4.69, 9.17) is 27.6 Å². The highest BCUT2D eigenvalue weighted by molar-refractivity contribution is 6.36. The van der Waals surface area contributed by atoms with E-state index in [1.54, 1.807) is 0 Å². The summed E-state index contributed by atoms with van der Waals surface area (Å²) in [5.74, 6) is 1.36. The van der Waals surface area contributed by atoms with Crippen LogP contribution < -0.4 is 10.2 Å². The van der Waals surface area contributed by atoms with E-state index in [0.29, 0.717) is 53.5 Å². The molecule has 8 nitrogen and oxygen atoms in total. The van der Waals surface area contributed by atoms with E-state index in [0.717, 1.165) is 31.6 Å². The van der Waals surface area contributed by atoms with Crippen molar-refractivity contribution in [3.63, 3.8) is 0 Å². The Bertz CT molecular complexity index is 1130. The molecule has 0 saturated carbocycles. The number of nitrogens with one attached hydrogen (secondary N) is 1. The van der Waals surface area contributed by atoms with Crippen molar-refractivity contribution in [2.75, 3.05) is 43.4 Å². The van der Waals surface area contributed by atoms with Gasteiger partial charge in [-0.25, -0.2) is 4.39 Å². The lowest BCUT2D eigenvalue weighted by atomic mass is 9.97. The molecule has 0 bridgehead atoms. The van der Waals surface area contributed by atoms with Crippen LogP contribution in [0.15, 0.2) is 22.6 Å². The first-order valence-electron chi connectivity index (χ1n) is 10.5. The van der Waals surface area contributed by atoms with Crippen LogP contribution in [0.25, 0.3) is 11.6 Å². The molecule has 1 N–H and O–H groups in total. The second-order valence-corrected chi connectivity index (χ2v) is 8.94. The van der Waals surface area contributed by atoms with Gasteiger partial charge in [-0.2, -0.15) is 0 Å².